The molecule has 1 aromatic heterocycles. The molecule has 0 unspecified atom stereocenters. The van der Waals surface area contributed by atoms with E-state index in [2.05, 4.69) is 9.97 Å². The molecular weight excluding hydrogens is 318 g/mol. The Hall–Kier alpha value is -2.19. The molecular formula is C12H8ClN3O4S. The van der Waals surface area contributed by atoms with Gasteiger partial charge in [-0.05, 0) is 24.2 Å². The van der Waals surface area contributed by atoms with Gasteiger partial charge in [-0.15, -0.1) is 0 Å². The number of nitro benzene ring substituents is 1. The minimum absolute atomic E-state index is 0.0317. The third kappa shape index (κ3) is 3.47. The molecule has 2 rings (SSSR count). The van der Waals surface area contributed by atoms with Crippen LogP contribution in [0.4, 0.5) is 5.69 Å². The molecule has 2 aromatic rings. The van der Waals surface area contributed by atoms with Crippen LogP contribution in [0.25, 0.3) is 0 Å². The van der Waals surface area contributed by atoms with Gasteiger partial charge in [-0.3, -0.25) is 10.1 Å². The second-order valence-electron chi connectivity index (χ2n) is 4.01. The van der Waals surface area contributed by atoms with Gasteiger partial charge in [0, 0.05) is 29.4 Å². The van der Waals surface area contributed by atoms with Gasteiger partial charge in [0.2, 0.25) is 0 Å². The van der Waals surface area contributed by atoms with Crippen molar-refractivity contribution in [2.24, 2.45) is 0 Å². The Morgan fingerprint density at radius 3 is 2.52 bits per heavy atom. The van der Waals surface area contributed by atoms with Crippen molar-refractivity contribution < 1.29 is 14.8 Å². The van der Waals surface area contributed by atoms with Gasteiger partial charge >= 0.3 is 5.97 Å². The van der Waals surface area contributed by atoms with Crippen LogP contribution in [0.15, 0.2) is 34.6 Å². The van der Waals surface area contributed by atoms with E-state index in [0.717, 1.165) is 29.5 Å². The number of non-ortho nitro benzene ring substituents is 1. The highest BCUT2D eigenvalue weighted by Gasteiger charge is 2.21. The van der Waals surface area contributed by atoms with Crippen LogP contribution in [0, 0.1) is 17.0 Å². The van der Waals surface area contributed by atoms with Gasteiger partial charge < -0.3 is 5.11 Å². The molecule has 0 atom stereocenters. The van der Waals surface area contributed by atoms with Gasteiger partial charge in [-0.25, -0.2) is 14.8 Å². The Balaban J connectivity index is 2.49. The lowest BCUT2D eigenvalue weighted by atomic mass is 10.2. The molecule has 0 aliphatic heterocycles. The van der Waals surface area contributed by atoms with E-state index in [1.54, 1.807) is 12.4 Å². The van der Waals surface area contributed by atoms with Gasteiger partial charge in [0.25, 0.3) is 5.69 Å². The zero-order chi connectivity index (χ0) is 15.6. The normalized spacial score (nSPS) is 10.4. The zero-order valence-electron chi connectivity index (χ0n) is 10.6. The van der Waals surface area contributed by atoms with E-state index in [-0.39, 0.29) is 21.2 Å². The molecule has 1 N–H and O–H groups in total. The summed E-state index contributed by atoms with van der Waals surface area (Å²) in [5.74, 6) is -1.31. The van der Waals surface area contributed by atoms with E-state index >= 15 is 0 Å². The molecule has 9 heteroatoms. The predicted molar refractivity (Wildman–Crippen MR) is 76.0 cm³/mol. The standard InChI is InChI=1S/C12H8ClN3O4S/c1-6-4-14-12(15-5-6)21-10-8(11(17)18)2-7(16(19)20)3-9(10)13/h2-5H,1H3,(H,17,18). The van der Waals surface area contributed by atoms with Gasteiger partial charge in [0.15, 0.2) is 5.16 Å². The van der Waals surface area contributed by atoms with Gasteiger partial charge in [0.1, 0.15) is 0 Å². The summed E-state index contributed by atoms with van der Waals surface area (Å²) in [5, 5.41) is 20.2. The second kappa shape index (κ2) is 6.06. The maximum Gasteiger partial charge on any atom is 0.337 e. The van der Waals surface area contributed by atoms with E-state index in [1.807, 2.05) is 6.92 Å². The summed E-state index contributed by atoms with van der Waals surface area (Å²) in [6.45, 7) is 1.82. The highest BCUT2D eigenvalue weighted by atomic mass is 35.5. The van der Waals surface area contributed by atoms with Crippen LogP contribution in [-0.4, -0.2) is 26.0 Å². The smallest absolute Gasteiger partial charge is 0.337 e. The third-order valence-electron chi connectivity index (χ3n) is 2.42. The summed E-state index contributed by atoms with van der Waals surface area (Å²) < 4.78 is 0. The molecule has 21 heavy (non-hydrogen) atoms. The average molecular weight is 326 g/mol. The quantitative estimate of drug-likeness (QED) is 0.522. The van der Waals surface area contributed by atoms with Gasteiger partial charge in [-0.1, -0.05) is 11.6 Å². The van der Waals surface area contributed by atoms with Crippen molar-refractivity contribution >= 4 is 35.0 Å². The van der Waals surface area contributed by atoms with Crippen LogP contribution >= 0.6 is 23.4 Å². The van der Waals surface area contributed by atoms with Crippen molar-refractivity contribution in [2.45, 2.75) is 17.0 Å². The van der Waals surface area contributed by atoms with E-state index in [4.69, 9.17) is 11.6 Å². The summed E-state index contributed by atoms with van der Waals surface area (Å²) in [5.41, 5.74) is 0.211. The Morgan fingerprint density at radius 2 is 2.00 bits per heavy atom. The first-order chi connectivity index (χ1) is 9.88. The number of aromatic carboxylic acids is 1. The maximum absolute atomic E-state index is 11.3. The number of carbonyl (C=O) groups is 1. The third-order valence-corrected chi connectivity index (χ3v) is 3.87. The summed E-state index contributed by atoms with van der Waals surface area (Å²) in [7, 11) is 0. The highest BCUT2D eigenvalue weighted by Crippen LogP contribution is 2.37. The fourth-order valence-corrected chi connectivity index (χ4v) is 2.61. The van der Waals surface area contributed by atoms with Crippen molar-refractivity contribution in [3.8, 4) is 0 Å². The van der Waals surface area contributed by atoms with Crippen LogP contribution < -0.4 is 0 Å². The Kier molecular flexibility index (Phi) is 4.39. The number of hydrogen-bond acceptors (Lipinski definition) is 6. The molecule has 0 aliphatic carbocycles. The maximum atomic E-state index is 11.3. The fraction of sp³-hybridized carbons (Fsp3) is 0.0833. The number of halogens is 1. The first-order valence-corrected chi connectivity index (χ1v) is 6.75. The number of aryl methyl sites for hydroxylation is 1. The van der Waals surface area contributed by atoms with E-state index in [9.17, 15) is 20.0 Å². The predicted octanol–water partition coefficient (Wildman–Crippen LogP) is 3.20. The van der Waals surface area contributed by atoms with Crippen LogP contribution in [-0.2, 0) is 0 Å². The monoisotopic (exact) mass is 325 g/mol. The summed E-state index contributed by atoms with van der Waals surface area (Å²) in [4.78, 5) is 29.6. The first kappa shape index (κ1) is 15.2. The van der Waals surface area contributed by atoms with E-state index < -0.39 is 10.9 Å². The van der Waals surface area contributed by atoms with Gasteiger partial charge in [-0.2, -0.15) is 0 Å². The first-order valence-electron chi connectivity index (χ1n) is 5.56. The molecule has 0 radical (unpaired) electrons. The fourth-order valence-electron chi connectivity index (χ4n) is 1.47. The number of aromatic nitrogens is 2. The molecule has 0 bridgehead atoms. The number of carboxylic acid groups (broad SMARTS) is 1. The average Bonchev–Trinajstić information content (AvgIpc) is 2.42. The highest BCUT2D eigenvalue weighted by molar-refractivity contribution is 7.99. The molecule has 1 heterocycles. The van der Waals surface area contributed by atoms with E-state index in [0.29, 0.717) is 5.16 Å². The SMILES string of the molecule is Cc1cnc(Sc2c(Cl)cc([N+](=O)[O-])cc2C(=O)O)nc1. The Labute approximate surface area is 128 Å². The summed E-state index contributed by atoms with van der Waals surface area (Å²) in [6.07, 6.45) is 3.16. The molecule has 7 nitrogen and oxygen atoms in total. The number of nitrogens with zero attached hydrogens (tertiary/aromatic N) is 3. The molecule has 0 saturated heterocycles. The number of hydrogen-bond donors (Lipinski definition) is 1. The zero-order valence-corrected chi connectivity index (χ0v) is 12.2. The van der Waals surface area contributed by atoms with Crippen LogP contribution in [0.1, 0.15) is 15.9 Å². The molecule has 1 aromatic carbocycles. The summed E-state index contributed by atoms with van der Waals surface area (Å²) in [6, 6.07) is 2.06. The topological polar surface area (TPSA) is 106 Å². The molecule has 0 spiro atoms. The van der Waals surface area contributed by atoms with Crippen molar-refractivity contribution in [1.82, 2.24) is 9.97 Å². The van der Waals surface area contributed by atoms with Gasteiger partial charge in [0.05, 0.1) is 15.5 Å². The molecule has 0 saturated carbocycles. The molecule has 0 amide bonds. The van der Waals surface area contributed by atoms with E-state index in [1.165, 1.54) is 0 Å². The lowest BCUT2D eigenvalue weighted by Gasteiger charge is -2.07. The number of carboxylic acids is 1. The summed E-state index contributed by atoms with van der Waals surface area (Å²) >= 11 is 6.90. The Bertz CT molecular complexity index is 721. The minimum atomic E-state index is -1.31. The number of benzene rings is 1. The van der Waals surface area contributed by atoms with Crippen LogP contribution in [0.2, 0.25) is 5.02 Å². The number of nitro groups is 1. The lowest BCUT2D eigenvalue weighted by molar-refractivity contribution is -0.384. The molecule has 0 fully saturated rings. The van der Waals surface area contributed by atoms with Crippen LogP contribution in [0.3, 0.4) is 0 Å². The minimum Gasteiger partial charge on any atom is -0.478 e. The molecule has 108 valence electrons. The van der Waals surface area contributed by atoms with Crippen LogP contribution in [0.5, 0.6) is 0 Å². The largest absolute Gasteiger partial charge is 0.478 e. The van der Waals surface area contributed by atoms with Crippen molar-refractivity contribution in [3.63, 3.8) is 0 Å². The van der Waals surface area contributed by atoms with Crippen molar-refractivity contribution in [3.05, 3.63) is 50.8 Å². The van der Waals surface area contributed by atoms with Crippen molar-refractivity contribution in [2.75, 3.05) is 0 Å². The molecule has 0 aliphatic rings. The van der Waals surface area contributed by atoms with Crippen molar-refractivity contribution in [1.29, 1.82) is 0 Å². The Morgan fingerprint density at radius 1 is 1.38 bits per heavy atom. The lowest BCUT2D eigenvalue weighted by Crippen LogP contribution is -2.02. The second-order valence-corrected chi connectivity index (χ2v) is 5.40. The number of rotatable bonds is 4.